The van der Waals surface area contributed by atoms with Gasteiger partial charge in [0.25, 0.3) is 0 Å². The van der Waals surface area contributed by atoms with Crippen molar-refractivity contribution in [3.05, 3.63) is 90.4 Å². The minimum Gasteiger partial charge on any atom is -0.361 e. The summed E-state index contributed by atoms with van der Waals surface area (Å²) < 4.78 is 0. The fourth-order valence-corrected chi connectivity index (χ4v) is 3.20. The third kappa shape index (κ3) is 3.51. The van der Waals surface area contributed by atoms with Crippen LogP contribution in [0.5, 0.6) is 0 Å². The molecule has 4 aromatic rings. The lowest BCUT2D eigenvalue weighted by Crippen LogP contribution is -2.09. The van der Waals surface area contributed by atoms with Gasteiger partial charge in [0.15, 0.2) is 0 Å². The molecule has 4 rings (SSSR count). The third-order valence-electron chi connectivity index (χ3n) is 4.59. The SMILES string of the molecule is Cc1c(NC(=O)/C=C/c2cccnc2)cccc1-c1cccc2[nH]ccc12. The number of amides is 1. The van der Waals surface area contributed by atoms with Gasteiger partial charge in [0.2, 0.25) is 5.91 Å². The molecule has 132 valence electrons. The highest BCUT2D eigenvalue weighted by Gasteiger charge is 2.10. The average Bonchev–Trinajstić information content (AvgIpc) is 3.18. The number of nitrogens with zero attached hydrogens (tertiary/aromatic N) is 1. The first-order valence-corrected chi connectivity index (χ1v) is 8.77. The first-order valence-electron chi connectivity index (χ1n) is 8.77. The van der Waals surface area contributed by atoms with Gasteiger partial charge in [-0.3, -0.25) is 9.78 Å². The van der Waals surface area contributed by atoms with Gasteiger partial charge >= 0.3 is 0 Å². The van der Waals surface area contributed by atoms with Crippen molar-refractivity contribution in [1.29, 1.82) is 0 Å². The second-order valence-corrected chi connectivity index (χ2v) is 6.33. The number of H-pyrrole nitrogens is 1. The molecule has 27 heavy (non-hydrogen) atoms. The number of hydrogen-bond donors (Lipinski definition) is 2. The number of pyridine rings is 1. The zero-order valence-electron chi connectivity index (χ0n) is 14.9. The van der Waals surface area contributed by atoms with Crippen molar-refractivity contribution in [3.8, 4) is 11.1 Å². The minimum absolute atomic E-state index is 0.168. The molecule has 0 aliphatic rings. The van der Waals surface area contributed by atoms with E-state index < -0.39 is 0 Å². The highest BCUT2D eigenvalue weighted by atomic mass is 16.1. The predicted octanol–water partition coefficient (Wildman–Crippen LogP) is 5.19. The second kappa shape index (κ2) is 7.30. The number of fused-ring (bicyclic) bond motifs is 1. The van der Waals surface area contributed by atoms with E-state index >= 15 is 0 Å². The summed E-state index contributed by atoms with van der Waals surface area (Å²) in [5.41, 5.74) is 6.08. The molecule has 4 heteroatoms. The molecule has 0 aliphatic carbocycles. The Kier molecular flexibility index (Phi) is 4.54. The standard InChI is InChI=1S/C23H19N3O/c1-16-18(19-7-3-9-22-20(19)12-14-25-22)6-2-8-21(16)26-23(27)11-10-17-5-4-13-24-15-17/h2-15,25H,1H3,(H,26,27)/b11-10+. The molecule has 0 atom stereocenters. The molecular formula is C23H19N3O. The fourth-order valence-electron chi connectivity index (χ4n) is 3.20. The van der Waals surface area contributed by atoms with Crippen LogP contribution in [-0.4, -0.2) is 15.9 Å². The summed E-state index contributed by atoms with van der Waals surface area (Å²) in [5, 5.41) is 4.15. The van der Waals surface area contributed by atoms with E-state index in [1.807, 2.05) is 43.5 Å². The Morgan fingerprint density at radius 1 is 1.04 bits per heavy atom. The van der Waals surface area contributed by atoms with Gasteiger partial charge in [-0.1, -0.05) is 30.3 Å². The number of anilines is 1. The minimum atomic E-state index is -0.168. The lowest BCUT2D eigenvalue weighted by Gasteiger charge is -2.13. The van der Waals surface area contributed by atoms with Gasteiger partial charge in [-0.2, -0.15) is 0 Å². The van der Waals surface area contributed by atoms with Crippen molar-refractivity contribution >= 4 is 28.6 Å². The maximum absolute atomic E-state index is 12.3. The highest BCUT2D eigenvalue weighted by molar-refractivity contribution is 6.03. The molecule has 0 saturated heterocycles. The number of aromatic nitrogens is 2. The van der Waals surface area contributed by atoms with E-state index in [9.17, 15) is 4.79 Å². The Balaban J connectivity index is 1.62. The van der Waals surface area contributed by atoms with Crippen LogP contribution in [-0.2, 0) is 4.79 Å². The fraction of sp³-hybridized carbons (Fsp3) is 0.0435. The molecule has 0 fully saturated rings. The van der Waals surface area contributed by atoms with Crippen LogP contribution in [0, 0.1) is 6.92 Å². The van der Waals surface area contributed by atoms with Crippen molar-refractivity contribution < 1.29 is 4.79 Å². The Bertz CT molecular complexity index is 1130. The summed E-state index contributed by atoms with van der Waals surface area (Å²) in [7, 11) is 0. The summed E-state index contributed by atoms with van der Waals surface area (Å²) >= 11 is 0. The van der Waals surface area contributed by atoms with Crippen molar-refractivity contribution in [2.24, 2.45) is 0 Å². The summed E-state index contributed by atoms with van der Waals surface area (Å²) in [6, 6.07) is 18.0. The summed E-state index contributed by atoms with van der Waals surface area (Å²) in [6.45, 7) is 2.03. The number of nitrogens with one attached hydrogen (secondary N) is 2. The Morgan fingerprint density at radius 2 is 1.89 bits per heavy atom. The molecule has 0 aliphatic heterocycles. The molecule has 2 N–H and O–H groups in total. The summed E-state index contributed by atoms with van der Waals surface area (Å²) in [5.74, 6) is -0.168. The smallest absolute Gasteiger partial charge is 0.248 e. The van der Waals surface area contributed by atoms with Gasteiger partial charge in [-0.05, 0) is 59.5 Å². The van der Waals surface area contributed by atoms with Gasteiger partial charge < -0.3 is 10.3 Å². The Morgan fingerprint density at radius 3 is 2.74 bits per heavy atom. The molecule has 0 spiro atoms. The van der Waals surface area contributed by atoms with Gasteiger partial charge in [0.1, 0.15) is 0 Å². The van der Waals surface area contributed by atoms with Crippen LogP contribution in [0.2, 0.25) is 0 Å². The van der Waals surface area contributed by atoms with E-state index in [4.69, 9.17) is 0 Å². The quantitative estimate of drug-likeness (QED) is 0.496. The number of rotatable bonds is 4. The molecule has 0 radical (unpaired) electrons. The number of benzene rings is 2. The average molecular weight is 353 g/mol. The zero-order chi connectivity index (χ0) is 18.6. The molecule has 2 aromatic heterocycles. The number of carbonyl (C=O) groups excluding carboxylic acids is 1. The molecule has 1 amide bonds. The summed E-state index contributed by atoms with van der Waals surface area (Å²) in [4.78, 5) is 19.6. The van der Waals surface area contributed by atoms with Gasteiger partial charge in [-0.15, -0.1) is 0 Å². The number of aromatic amines is 1. The van der Waals surface area contributed by atoms with Crippen LogP contribution in [0.3, 0.4) is 0 Å². The van der Waals surface area contributed by atoms with Crippen LogP contribution in [0.25, 0.3) is 28.1 Å². The molecule has 0 unspecified atom stereocenters. The molecule has 2 aromatic carbocycles. The van der Waals surface area contributed by atoms with E-state index in [2.05, 4.69) is 39.6 Å². The van der Waals surface area contributed by atoms with Crippen molar-refractivity contribution in [3.63, 3.8) is 0 Å². The van der Waals surface area contributed by atoms with Crippen LogP contribution < -0.4 is 5.32 Å². The molecule has 2 heterocycles. The van der Waals surface area contributed by atoms with Crippen LogP contribution in [0.15, 0.2) is 79.3 Å². The first-order chi connectivity index (χ1) is 13.2. The maximum Gasteiger partial charge on any atom is 0.248 e. The van der Waals surface area contributed by atoms with Crippen LogP contribution in [0.4, 0.5) is 5.69 Å². The molecule has 0 bridgehead atoms. The Hall–Kier alpha value is -3.66. The highest BCUT2D eigenvalue weighted by Crippen LogP contribution is 2.33. The molecule has 4 nitrogen and oxygen atoms in total. The van der Waals surface area contributed by atoms with Crippen molar-refractivity contribution in [2.75, 3.05) is 5.32 Å². The normalized spacial score (nSPS) is 11.1. The van der Waals surface area contributed by atoms with Gasteiger partial charge in [0, 0.05) is 41.3 Å². The zero-order valence-corrected chi connectivity index (χ0v) is 14.9. The van der Waals surface area contributed by atoms with Gasteiger partial charge in [0.05, 0.1) is 0 Å². The monoisotopic (exact) mass is 353 g/mol. The summed E-state index contributed by atoms with van der Waals surface area (Å²) in [6.07, 6.45) is 8.64. The van der Waals surface area contributed by atoms with Crippen LogP contribution >= 0.6 is 0 Å². The Labute approximate surface area is 157 Å². The molecule has 0 saturated carbocycles. The lowest BCUT2D eigenvalue weighted by atomic mass is 9.96. The third-order valence-corrected chi connectivity index (χ3v) is 4.59. The van der Waals surface area contributed by atoms with E-state index in [1.165, 1.54) is 11.5 Å². The maximum atomic E-state index is 12.3. The lowest BCUT2D eigenvalue weighted by molar-refractivity contribution is -0.111. The van der Waals surface area contributed by atoms with E-state index in [1.54, 1.807) is 18.5 Å². The van der Waals surface area contributed by atoms with Crippen molar-refractivity contribution in [1.82, 2.24) is 9.97 Å². The number of hydrogen-bond acceptors (Lipinski definition) is 2. The van der Waals surface area contributed by atoms with Gasteiger partial charge in [-0.25, -0.2) is 0 Å². The largest absolute Gasteiger partial charge is 0.361 e. The second-order valence-electron chi connectivity index (χ2n) is 6.33. The van der Waals surface area contributed by atoms with E-state index in [0.29, 0.717) is 0 Å². The molecular weight excluding hydrogens is 334 g/mol. The van der Waals surface area contributed by atoms with Crippen molar-refractivity contribution in [2.45, 2.75) is 6.92 Å². The van der Waals surface area contributed by atoms with E-state index in [-0.39, 0.29) is 5.91 Å². The number of carbonyl (C=O) groups is 1. The predicted molar refractivity (Wildman–Crippen MR) is 110 cm³/mol. The topological polar surface area (TPSA) is 57.8 Å². The van der Waals surface area contributed by atoms with E-state index in [0.717, 1.165) is 33.5 Å². The van der Waals surface area contributed by atoms with Crippen LogP contribution in [0.1, 0.15) is 11.1 Å². The first kappa shape index (κ1) is 16.8.